The summed E-state index contributed by atoms with van der Waals surface area (Å²) in [5.74, 6) is 2.72. The van der Waals surface area contributed by atoms with Crippen LogP contribution in [0.4, 0.5) is 5.69 Å². The normalized spacial score (nSPS) is 26.7. The Morgan fingerprint density at radius 2 is 2.08 bits per heavy atom. The molecule has 0 aromatic heterocycles. The van der Waals surface area contributed by atoms with Crippen LogP contribution in [0.1, 0.15) is 76.3 Å². The monoisotopic (exact) mass is 628 g/mol. The van der Waals surface area contributed by atoms with E-state index in [2.05, 4.69) is 75.6 Å². The van der Waals surface area contributed by atoms with Gasteiger partial charge in [-0.3, -0.25) is 15.2 Å². The van der Waals surface area contributed by atoms with Crippen molar-refractivity contribution in [3.05, 3.63) is 50.7 Å². The molecule has 3 heterocycles. The summed E-state index contributed by atoms with van der Waals surface area (Å²) in [4.78, 5) is 11.6. The molecule has 204 valence electrons. The number of nitrogens with two attached hydrogens (primary N) is 1. The van der Waals surface area contributed by atoms with Crippen molar-refractivity contribution in [1.82, 2.24) is 20.0 Å². The summed E-state index contributed by atoms with van der Waals surface area (Å²) in [7, 11) is 0. The molecule has 8 nitrogen and oxygen atoms in total. The number of halogens is 1. The second-order valence-electron chi connectivity index (χ2n) is 11.7. The molecule has 0 amide bonds. The van der Waals surface area contributed by atoms with Gasteiger partial charge in [0.05, 0.1) is 23.1 Å². The second kappa shape index (κ2) is 9.95. The van der Waals surface area contributed by atoms with Crippen LogP contribution in [0.2, 0.25) is 0 Å². The van der Waals surface area contributed by atoms with Crippen LogP contribution in [-0.2, 0) is 13.0 Å². The molecule has 0 saturated heterocycles. The molecule has 0 spiro atoms. The largest absolute Gasteiger partial charge is 0.384 e. The van der Waals surface area contributed by atoms with E-state index in [-0.39, 0.29) is 11.6 Å². The summed E-state index contributed by atoms with van der Waals surface area (Å²) in [5.41, 5.74) is 11.5. The number of hydrogen-bond donors (Lipinski definition) is 4. The number of likely N-dealkylation sites (N-methyl/N-ethyl adjacent to an activating group) is 1. The van der Waals surface area contributed by atoms with Gasteiger partial charge in [-0.25, -0.2) is 4.99 Å². The van der Waals surface area contributed by atoms with E-state index in [0.29, 0.717) is 30.8 Å². The second-order valence-corrected chi connectivity index (χ2v) is 12.8. The number of rotatable bonds is 7. The molecule has 5 aliphatic rings. The number of fused-ring (bicyclic) bond motifs is 4. The standard InChI is InChI=1S/C29H41IN8/c1-4-36-26(31)25(27(32)38-23-11-8-13-29(23,3)35-28(36)38)37(18(2)34-21-9-6-5-7-10-21)17-19-15-20-12-14-33-24(20)22(30)16-19/h15-16,21,23,31,33-34H,2,4-14,17,32H2,1,3H3/t23-,29+/m0/s1. The minimum Gasteiger partial charge on any atom is -0.384 e. The average molecular weight is 629 g/mol. The molecule has 9 heteroatoms. The maximum atomic E-state index is 9.39. The summed E-state index contributed by atoms with van der Waals surface area (Å²) in [6.07, 6.45) is 10.4. The maximum absolute atomic E-state index is 9.39. The first-order valence-electron chi connectivity index (χ1n) is 14.3. The predicted octanol–water partition coefficient (Wildman–Crippen LogP) is 4.88. The van der Waals surface area contributed by atoms with Crippen molar-refractivity contribution in [2.24, 2.45) is 10.7 Å². The van der Waals surface area contributed by atoms with Crippen molar-refractivity contribution in [1.29, 1.82) is 5.41 Å². The Hall–Kier alpha value is -2.43. The third-order valence-corrected chi connectivity index (χ3v) is 10.0. The molecule has 1 aromatic rings. The van der Waals surface area contributed by atoms with Gasteiger partial charge >= 0.3 is 0 Å². The van der Waals surface area contributed by atoms with E-state index in [1.54, 1.807) is 0 Å². The zero-order chi connectivity index (χ0) is 26.6. The number of guanidine groups is 1. The Balaban J connectivity index is 1.41. The van der Waals surface area contributed by atoms with Gasteiger partial charge in [0.15, 0.2) is 5.84 Å². The van der Waals surface area contributed by atoms with Crippen LogP contribution in [0.15, 0.2) is 41.0 Å². The van der Waals surface area contributed by atoms with E-state index in [0.717, 1.165) is 62.5 Å². The van der Waals surface area contributed by atoms with Crippen molar-refractivity contribution >= 4 is 40.1 Å². The van der Waals surface area contributed by atoms with Crippen LogP contribution in [0.5, 0.6) is 0 Å². The molecule has 38 heavy (non-hydrogen) atoms. The lowest BCUT2D eigenvalue weighted by Crippen LogP contribution is -2.57. The van der Waals surface area contributed by atoms with Gasteiger partial charge in [0.1, 0.15) is 11.5 Å². The molecule has 0 radical (unpaired) electrons. The third-order valence-electron chi connectivity index (χ3n) is 9.16. The van der Waals surface area contributed by atoms with E-state index in [1.165, 1.54) is 39.6 Å². The van der Waals surface area contributed by atoms with Gasteiger partial charge in [-0.05, 0) is 92.2 Å². The van der Waals surface area contributed by atoms with E-state index in [4.69, 9.17) is 10.7 Å². The van der Waals surface area contributed by atoms with Gasteiger partial charge in [-0.15, -0.1) is 0 Å². The molecule has 2 saturated carbocycles. The number of hydrogen-bond acceptors (Lipinski definition) is 7. The highest BCUT2D eigenvalue weighted by atomic mass is 127. The fourth-order valence-electron chi connectivity index (χ4n) is 7.17. The molecule has 2 aliphatic carbocycles. The lowest BCUT2D eigenvalue weighted by Gasteiger charge is -2.44. The molecular formula is C29H41IN8. The van der Waals surface area contributed by atoms with E-state index in [1.807, 2.05) is 4.90 Å². The van der Waals surface area contributed by atoms with Crippen molar-refractivity contribution in [2.45, 2.75) is 95.8 Å². The van der Waals surface area contributed by atoms with E-state index < -0.39 is 0 Å². The number of nitrogens with one attached hydrogen (secondary N) is 3. The zero-order valence-corrected chi connectivity index (χ0v) is 24.9. The van der Waals surface area contributed by atoms with Gasteiger partial charge < -0.3 is 21.3 Å². The molecule has 0 bridgehead atoms. The zero-order valence-electron chi connectivity index (χ0n) is 22.7. The highest BCUT2D eigenvalue weighted by Crippen LogP contribution is 2.45. The molecule has 1 aromatic carbocycles. The van der Waals surface area contributed by atoms with Gasteiger partial charge in [0.25, 0.3) is 0 Å². The highest BCUT2D eigenvalue weighted by molar-refractivity contribution is 14.1. The highest BCUT2D eigenvalue weighted by Gasteiger charge is 2.53. The lowest BCUT2D eigenvalue weighted by atomic mass is 9.95. The van der Waals surface area contributed by atoms with Gasteiger partial charge in [0.2, 0.25) is 5.96 Å². The number of amidine groups is 1. The number of aliphatic imine (C=N–C) groups is 1. The van der Waals surface area contributed by atoms with Crippen LogP contribution in [0.3, 0.4) is 0 Å². The molecule has 2 atom stereocenters. The summed E-state index contributed by atoms with van der Waals surface area (Å²) < 4.78 is 1.24. The van der Waals surface area contributed by atoms with Gasteiger partial charge in [-0.1, -0.05) is 31.9 Å². The van der Waals surface area contributed by atoms with Crippen LogP contribution in [-0.4, -0.2) is 57.2 Å². The molecule has 6 rings (SSSR count). The summed E-state index contributed by atoms with van der Waals surface area (Å²) >= 11 is 2.44. The minimum absolute atomic E-state index is 0.144. The van der Waals surface area contributed by atoms with Crippen LogP contribution >= 0.6 is 22.6 Å². The molecule has 0 unspecified atom stereocenters. The Labute approximate surface area is 240 Å². The first kappa shape index (κ1) is 25.8. The summed E-state index contributed by atoms with van der Waals surface area (Å²) in [5, 5.41) is 16.7. The van der Waals surface area contributed by atoms with Crippen LogP contribution < -0.4 is 16.4 Å². The molecule has 2 fully saturated rings. The smallest absolute Gasteiger partial charge is 0.209 e. The van der Waals surface area contributed by atoms with Crippen molar-refractivity contribution in [3.8, 4) is 0 Å². The Morgan fingerprint density at radius 3 is 2.84 bits per heavy atom. The number of benzene rings is 1. The topological polar surface area (TPSA) is 96.0 Å². The van der Waals surface area contributed by atoms with Crippen LogP contribution in [0, 0.1) is 8.98 Å². The van der Waals surface area contributed by atoms with Crippen LogP contribution in [0.25, 0.3) is 0 Å². The maximum Gasteiger partial charge on any atom is 0.209 e. The fourth-order valence-corrected chi connectivity index (χ4v) is 8.11. The quantitative estimate of drug-likeness (QED) is 0.322. The predicted molar refractivity (Wildman–Crippen MR) is 163 cm³/mol. The van der Waals surface area contributed by atoms with Crippen molar-refractivity contribution in [3.63, 3.8) is 0 Å². The van der Waals surface area contributed by atoms with E-state index in [9.17, 15) is 5.41 Å². The van der Waals surface area contributed by atoms with E-state index >= 15 is 0 Å². The molecule has 3 aliphatic heterocycles. The van der Waals surface area contributed by atoms with Gasteiger partial charge in [0, 0.05) is 29.2 Å². The molecular weight excluding hydrogens is 587 g/mol. The van der Waals surface area contributed by atoms with Crippen molar-refractivity contribution in [2.75, 3.05) is 18.4 Å². The number of anilines is 1. The average Bonchev–Trinajstić information content (AvgIpc) is 3.57. The summed E-state index contributed by atoms with van der Waals surface area (Å²) in [6.45, 7) is 11.2. The first-order valence-corrected chi connectivity index (χ1v) is 15.4. The SMILES string of the molecule is C=C(NC1CCCCC1)N(Cc1cc(I)c2c(c1)CCN2)C1=C(N)N2C(=N[C@]3(C)CCC[C@H]23)N(CC)C1=N. The number of nitrogens with zero attached hydrogens (tertiary/aromatic N) is 4. The first-order chi connectivity index (χ1) is 18.3. The molecule has 5 N–H and O–H groups in total. The summed E-state index contributed by atoms with van der Waals surface area (Å²) in [6, 6.07) is 5.22. The minimum atomic E-state index is -0.144. The Morgan fingerprint density at radius 1 is 1.29 bits per heavy atom. The van der Waals surface area contributed by atoms with Crippen molar-refractivity contribution < 1.29 is 0 Å². The van der Waals surface area contributed by atoms with Gasteiger partial charge in [-0.2, -0.15) is 0 Å². The third kappa shape index (κ3) is 4.25. The Bertz CT molecular complexity index is 1220. The Kier molecular flexibility index (Phi) is 6.76. The fraction of sp³-hybridized carbons (Fsp3) is 0.586. The lowest BCUT2D eigenvalue weighted by molar-refractivity contribution is 0.275.